The van der Waals surface area contributed by atoms with Crippen molar-refractivity contribution < 1.29 is 9.13 Å². The van der Waals surface area contributed by atoms with Crippen molar-refractivity contribution in [2.24, 2.45) is 0 Å². The predicted molar refractivity (Wildman–Crippen MR) is 81.3 cm³/mol. The number of hydrogen-bond donors (Lipinski definition) is 0. The number of fused-ring (bicyclic) bond motifs is 1. The second-order valence-electron chi connectivity index (χ2n) is 5.45. The van der Waals surface area contributed by atoms with Crippen LogP contribution in [0.2, 0.25) is 0 Å². The molecule has 5 heteroatoms. The van der Waals surface area contributed by atoms with Gasteiger partial charge in [0.05, 0.1) is 12.6 Å². The minimum absolute atomic E-state index is 0.239. The van der Waals surface area contributed by atoms with E-state index in [4.69, 9.17) is 4.74 Å². The first-order valence-corrected chi connectivity index (χ1v) is 7.49. The molecule has 1 fully saturated rings. The molecule has 1 saturated heterocycles. The van der Waals surface area contributed by atoms with Gasteiger partial charge in [0.25, 0.3) is 0 Å². The Balaban J connectivity index is 2.13. The van der Waals surface area contributed by atoms with Gasteiger partial charge >= 0.3 is 0 Å². The summed E-state index contributed by atoms with van der Waals surface area (Å²) in [5.74, 6) is 0.744. The van der Waals surface area contributed by atoms with Crippen molar-refractivity contribution in [2.75, 3.05) is 18.6 Å². The molecule has 0 N–H and O–H groups in total. The Morgan fingerprint density at radius 1 is 1.33 bits per heavy atom. The van der Waals surface area contributed by atoms with Crippen LogP contribution in [0.1, 0.15) is 32.6 Å². The Kier molecular flexibility index (Phi) is 3.90. The summed E-state index contributed by atoms with van der Waals surface area (Å²) >= 11 is 0. The molecule has 1 atom stereocenters. The van der Waals surface area contributed by atoms with E-state index in [2.05, 4.69) is 21.8 Å². The molecule has 0 radical (unpaired) electrons. The molecule has 1 aliphatic heterocycles. The van der Waals surface area contributed by atoms with Gasteiger partial charge in [0.15, 0.2) is 11.6 Å². The summed E-state index contributed by atoms with van der Waals surface area (Å²) in [5, 5.41) is 0.858. The summed E-state index contributed by atoms with van der Waals surface area (Å²) in [6, 6.07) is 3.62. The molecule has 0 saturated carbocycles. The zero-order valence-electron chi connectivity index (χ0n) is 12.5. The predicted octanol–water partition coefficient (Wildman–Crippen LogP) is 3.55. The Morgan fingerprint density at radius 2 is 2.19 bits per heavy atom. The highest BCUT2D eigenvalue weighted by atomic mass is 19.1. The third kappa shape index (κ3) is 2.52. The van der Waals surface area contributed by atoms with Gasteiger partial charge in [-0.3, -0.25) is 0 Å². The van der Waals surface area contributed by atoms with Crippen LogP contribution in [0.15, 0.2) is 18.5 Å². The van der Waals surface area contributed by atoms with Gasteiger partial charge in [-0.15, -0.1) is 0 Å². The number of piperidine rings is 1. The molecule has 1 aliphatic rings. The fourth-order valence-electron chi connectivity index (χ4n) is 3.13. The van der Waals surface area contributed by atoms with E-state index in [-0.39, 0.29) is 11.6 Å². The van der Waals surface area contributed by atoms with Gasteiger partial charge in [-0.1, -0.05) is 6.92 Å². The highest BCUT2D eigenvalue weighted by Gasteiger charge is 2.24. The van der Waals surface area contributed by atoms with Crippen LogP contribution in [0.4, 0.5) is 10.2 Å². The maximum atomic E-state index is 13.8. The standard InChI is InChI=1S/C16H20FN3O/c1-3-11-6-4-5-7-20(11)16-12-8-15(21-2)13(17)9-14(12)18-10-19-16/h8-11H,3-7H2,1-2H3. The summed E-state index contributed by atoms with van der Waals surface area (Å²) in [4.78, 5) is 11.0. The fraction of sp³-hybridized carbons (Fsp3) is 0.500. The first-order chi connectivity index (χ1) is 10.2. The van der Waals surface area contributed by atoms with E-state index >= 15 is 0 Å². The lowest BCUT2D eigenvalue weighted by atomic mass is 9.99. The Morgan fingerprint density at radius 3 is 2.95 bits per heavy atom. The lowest BCUT2D eigenvalue weighted by molar-refractivity contribution is 0.387. The average molecular weight is 289 g/mol. The quantitative estimate of drug-likeness (QED) is 0.866. The lowest BCUT2D eigenvalue weighted by Crippen LogP contribution is -2.39. The normalized spacial score (nSPS) is 19.0. The number of ether oxygens (including phenoxy) is 1. The average Bonchev–Trinajstić information content (AvgIpc) is 2.53. The van der Waals surface area contributed by atoms with E-state index in [0.717, 1.165) is 24.2 Å². The van der Waals surface area contributed by atoms with Crippen molar-refractivity contribution in [1.82, 2.24) is 9.97 Å². The zero-order valence-corrected chi connectivity index (χ0v) is 12.5. The summed E-state index contributed by atoms with van der Waals surface area (Å²) in [6.45, 7) is 3.19. The lowest BCUT2D eigenvalue weighted by Gasteiger charge is -2.36. The van der Waals surface area contributed by atoms with Crippen LogP contribution in [0, 0.1) is 5.82 Å². The summed E-state index contributed by atoms with van der Waals surface area (Å²) in [5.41, 5.74) is 0.624. The van der Waals surface area contributed by atoms with Gasteiger partial charge in [0.2, 0.25) is 0 Å². The summed E-state index contributed by atoms with van der Waals surface area (Å²) in [7, 11) is 1.48. The second kappa shape index (κ2) is 5.84. The highest BCUT2D eigenvalue weighted by molar-refractivity contribution is 5.90. The maximum absolute atomic E-state index is 13.8. The number of nitrogens with zero attached hydrogens (tertiary/aromatic N) is 3. The van der Waals surface area contributed by atoms with Gasteiger partial charge in [0, 0.05) is 24.0 Å². The third-order valence-corrected chi connectivity index (χ3v) is 4.26. The molecule has 3 rings (SSSR count). The van der Waals surface area contributed by atoms with Crippen LogP contribution >= 0.6 is 0 Å². The molecule has 1 unspecified atom stereocenters. The highest BCUT2D eigenvalue weighted by Crippen LogP contribution is 2.33. The molecule has 112 valence electrons. The van der Waals surface area contributed by atoms with Crippen molar-refractivity contribution in [3.05, 3.63) is 24.3 Å². The molecule has 0 bridgehead atoms. The van der Waals surface area contributed by atoms with E-state index in [1.807, 2.05) is 0 Å². The monoisotopic (exact) mass is 289 g/mol. The van der Waals surface area contributed by atoms with Crippen molar-refractivity contribution in [1.29, 1.82) is 0 Å². The molecule has 21 heavy (non-hydrogen) atoms. The van der Waals surface area contributed by atoms with Crippen molar-refractivity contribution >= 4 is 16.7 Å². The number of hydrogen-bond acceptors (Lipinski definition) is 4. The molecule has 0 spiro atoms. The molecule has 1 aromatic heterocycles. The van der Waals surface area contributed by atoms with Gasteiger partial charge in [-0.25, -0.2) is 14.4 Å². The van der Waals surface area contributed by atoms with Crippen molar-refractivity contribution in [3.8, 4) is 5.75 Å². The van der Waals surface area contributed by atoms with Gasteiger partial charge in [-0.05, 0) is 31.7 Å². The smallest absolute Gasteiger partial charge is 0.167 e. The maximum Gasteiger partial charge on any atom is 0.167 e. The minimum Gasteiger partial charge on any atom is -0.494 e. The van der Waals surface area contributed by atoms with Gasteiger partial charge < -0.3 is 9.64 Å². The molecule has 2 aromatic rings. The van der Waals surface area contributed by atoms with Crippen molar-refractivity contribution in [3.63, 3.8) is 0 Å². The SMILES string of the molecule is CCC1CCCCN1c1ncnc2cc(F)c(OC)cc12. The Hall–Kier alpha value is -1.91. The number of benzene rings is 1. The fourth-order valence-corrected chi connectivity index (χ4v) is 3.13. The summed E-state index contributed by atoms with van der Waals surface area (Å²) < 4.78 is 18.9. The molecular weight excluding hydrogens is 269 g/mol. The second-order valence-corrected chi connectivity index (χ2v) is 5.45. The van der Waals surface area contributed by atoms with Crippen LogP contribution in [0.5, 0.6) is 5.75 Å². The summed E-state index contributed by atoms with van der Waals surface area (Å²) in [6.07, 6.45) is 6.21. The zero-order chi connectivity index (χ0) is 14.8. The van der Waals surface area contributed by atoms with Gasteiger partial charge in [0.1, 0.15) is 12.1 Å². The Labute approximate surface area is 124 Å². The molecule has 2 heterocycles. The first kappa shape index (κ1) is 14.0. The van der Waals surface area contributed by atoms with Crippen LogP contribution in [-0.2, 0) is 0 Å². The number of aromatic nitrogens is 2. The number of methoxy groups -OCH3 is 1. The third-order valence-electron chi connectivity index (χ3n) is 4.26. The molecule has 0 amide bonds. The number of anilines is 1. The van der Waals surface area contributed by atoms with Crippen LogP contribution in [-0.4, -0.2) is 29.7 Å². The van der Waals surface area contributed by atoms with E-state index < -0.39 is 0 Å². The topological polar surface area (TPSA) is 38.2 Å². The molecule has 0 aliphatic carbocycles. The van der Waals surface area contributed by atoms with E-state index in [1.54, 1.807) is 6.07 Å². The molecule has 4 nitrogen and oxygen atoms in total. The van der Waals surface area contributed by atoms with E-state index in [9.17, 15) is 4.39 Å². The van der Waals surface area contributed by atoms with E-state index in [0.29, 0.717) is 11.6 Å². The van der Waals surface area contributed by atoms with Crippen LogP contribution < -0.4 is 9.64 Å². The van der Waals surface area contributed by atoms with Crippen LogP contribution in [0.25, 0.3) is 10.9 Å². The first-order valence-electron chi connectivity index (χ1n) is 7.49. The van der Waals surface area contributed by atoms with Crippen molar-refractivity contribution in [2.45, 2.75) is 38.6 Å². The minimum atomic E-state index is -0.389. The largest absolute Gasteiger partial charge is 0.494 e. The number of halogens is 1. The van der Waals surface area contributed by atoms with Gasteiger partial charge in [-0.2, -0.15) is 0 Å². The molecule has 1 aromatic carbocycles. The van der Waals surface area contributed by atoms with E-state index in [1.165, 1.54) is 38.8 Å². The van der Waals surface area contributed by atoms with Crippen LogP contribution in [0.3, 0.4) is 0 Å². The molecular formula is C16H20FN3O. The Bertz CT molecular complexity index is 647. The number of rotatable bonds is 3.